The van der Waals surface area contributed by atoms with Gasteiger partial charge in [0, 0.05) is 20.2 Å². The van der Waals surface area contributed by atoms with E-state index in [0.29, 0.717) is 19.7 Å². The fourth-order valence-corrected chi connectivity index (χ4v) is 3.32. The molecule has 0 aromatic heterocycles. The summed E-state index contributed by atoms with van der Waals surface area (Å²) in [5.74, 6) is -0.405. The first-order valence-electron chi connectivity index (χ1n) is 6.30. The standard InChI is InChI=1S/C12H23NO4S/c1-5-17-11(14)12(2,3)18(15)13-8-6-10(16-4)7-9-13/h10H,5-9H2,1-4H3. The monoisotopic (exact) mass is 277 g/mol. The molecule has 1 aliphatic rings. The van der Waals surface area contributed by atoms with E-state index in [1.807, 2.05) is 4.31 Å². The first kappa shape index (κ1) is 15.6. The number of piperidine rings is 1. The van der Waals surface area contributed by atoms with Crippen molar-refractivity contribution in [2.75, 3.05) is 26.8 Å². The van der Waals surface area contributed by atoms with Gasteiger partial charge in [-0.05, 0) is 33.6 Å². The second kappa shape index (κ2) is 6.63. The number of rotatable bonds is 5. The third-order valence-electron chi connectivity index (χ3n) is 3.17. The molecule has 6 heteroatoms. The quantitative estimate of drug-likeness (QED) is 0.706. The van der Waals surface area contributed by atoms with Gasteiger partial charge < -0.3 is 9.47 Å². The Balaban J connectivity index is 2.61. The summed E-state index contributed by atoms with van der Waals surface area (Å²) in [5.41, 5.74) is 0. The SMILES string of the molecule is CCOC(=O)C(C)(C)S(=O)N1CCC(OC)CC1. The van der Waals surface area contributed by atoms with E-state index in [9.17, 15) is 9.00 Å². The lowest BCUT2D eigenvalue weighted by Crippen LogP contribution is -2.49. The van der Waals surface area contributed by atoms with Gasteiger partial charge in [-0.15, -0.1) is 0 Å². The van der Waals surface area contributed by atoms with Crippen LogP contribution in [0.1, 0.15) is 33.6 Å². The van der Waals surface area contributed by atoms with E-state index in [0.717, 1.165) is 12.8 Å². The molecule has 0 radical (unpaired) electrons. The summed E-state index contributed by atoms with van der Waals surface area (Å²) in [6.45, 7) is 6.78. The van der Waals surface area contributed by atoms with E-state index >= 15 is 0 Å². The Morgan fingerprint density at radius 2 is 1.94 bits per heavy atom. The Bertz CT molecular complexity index is 311. The van der Waals surface area contributed by atoms with Crippen molar-refractivity contribution in [3.63, 3.8) is 0 Å². The fraction of sp³-hybridized carbons (Fsp3) is 0.917. The zero-order valence-corrected chi connectivity index (χ0v) is 12.4. The van der Waals surface area contributed by atoms with Gasteiger partial charge in [-0.3, -0.25) is 4.79 Å². The molecule has 1 fully saturated rings. The molecule has 1 atom stereocenters. The van der Waals surface area contributed by atoms with E-state index in [1.54, 1.807) is 27.9 Å². The molecule has 1 saturated heterocycles. The highest BCUT2D eigenvalue weighted by molar-refractivity contribution is 7.84. The van der Waals surface area contributed by atoms with Crippen LogP contribution in [0, 0.1) is 0 Å². The zero-order chi connectivity index (χ0) is 13.8. The van der Waals surface area contributed by atoms with E-state index in [1.165, 1.54) is 0 Å². The van der Waals surface area contributed by atoms with E-state index in [2.05, 4.69) is 0 Å². The van der Waals surface area contributed by atoms with Crippen LogP contribution in [0.2, 0.25) is 0 Å². The van der Waals surface area contributed by atoms with Crippen LogP contribution < -0.4 is 0 Å². The van der Waals surface area contributed by atoms with Gasteiger partial charge in [0.2, 0.25) is 0 Å². The topological polar surface area (TPSA) is 55.8 Å². The summed E-state index contributed by atoms with van der Waals surface area (Å²) in [5, 5.41) is 0. The zero-order valence-electron chi connectivity index (χ0n) is 11.6. The molecule has 0 saturated carbocycles. The number of ether oxygens (including phenoxy) is 2. The summed E-state index contributed by atoms with van der Waals surface area (Å²) < 4.78 is 23.5. The van der Waals surface area contributed by atoms with Gasteiger partial charge >= 0.3 is 5.97 Å². The molecule has 0 aromatic rings. The van der Waals surface area contributed by atoms with Crippen molar-refractivity contribution in [1.29, 1.82) is 0 Å². The van der Waals surface area contributed by atoms with Crippen LogP contribution in [0.4, 0.5) is 0 Å². The normalized spacial score (nSPS) is 20.7. The van der Waals surface area contributed by atoms with Crippen LogP contribution in [0.3, 0.4) is 0 Å². The maximum Gasteiger partial charge on any atom is 0.325 e. The lowest BCUT2D eigenvalue weighted by Gasteiger charge is -2.34. The number of hydrogen-bond acceptors (Lipinski definition) is 4. The highest BCUT2D eigenvalue weighted by atomic mass is 32.2. The van der Waals surface area contributed by atoms with Gasteiger partial charge in [0.05, 0.1) is 12.7 Å². The largest absolute Gasteiger partial charge is 0.465 e. The van der Waals surface area contributed by atoms with E-state index in [4.69, 9.17) is 9.47 Å². The second-order valence-electron chi connectivity index (χ2n) is 4.84. The van der Waals surface area contributed by atoms with Gasteiger partial charge in [-0.25, -0.2) is 8.51 Å². The van der Waals surface area contributed by atoms with Gasteiger partial charge in [0.15, 0.2) is 4.75 Å². The molecule has 106 valence electrons. The van der Waals surface area contributed by atoms with Crippen molar-refractivity contribution >= 4 is 17.0 Å². The molecule has 0 N–H and O–H groups in total. The molecular weight excluding hydrogens is 254 g/mol. The minimum Gasteiger partial charge on any atom is -0.465 e. The van der Waals surface area contributed by atoms with Crippen molar-refractivity contribution in [1.82, 2.24) is 4.31 Å². The van der Waals surface area contributed by atoms with Crippen molar-refractivity contribution in [2.45, 2.75) is 44.5 Å². The van der Waals surface area contributed by atoms with Crippen molar-refractivity contribution in [2.24, 2.45) is 0 Å². The smallest absolute Gasteiger partial charge is 0.325 e. The number of carbonyl (C=O) groups excluding carboxylic acids is 1. The molecule has 5 nitrogen and oxygen atoms in total. The summed E-state index contributed by atoms with van der Waals surface area (Å²) in [6.07, 6.45) is 1.94. The average Bonchev–Trinajstić information content (AvgIpc) is 2.38. The molecular formula is C12H23NO4S. The van der Waals surface area contributed by atoms with Crippen LogP contribution in [0.15, 0.2) is 0 Å². The van der Waals surface area contributed by atoms with Crippen LogP contribution in [-0.2, 0) is 25.3 Å². The van der Waals surface area contributed by atoms with Crippen LogP contribution in [0.5, 0.6) is 0 Å². The molecule has 0 aliphatic carbocycles. The molecule has 18 heavy (non-hydrogen) atoms. The minimum absolute atomic E-state index is 0.240. The maximum absolute atomic E-state index is 12.4. The van der Waals surface area contributed by atoms with Crippen LogP contribution >= 0.6 is 0 Å². The molecule has 0 aromatic carbocycles. The van der Waals surface area contributed by atoms with Gasteiger partial charge in [0.1, 0.15) is 11.0 Å². The van der Waals surface area contributed by atoms with Gasteiger partial charge in [-0.1, -0.05) is 0 Å². The van der Waals surface area contributed by atoms with Crippen LogP contribution in [0.25, 0.3) is 0 Å². The lowest BCUT2D eigenvalue weighted by molar-refractivity contribution is -0.145. The van der Waals surface area contributed by atoms with Gasteiger partial charge in [-0.2, -0.15) is 0 Å². The third-order valence-corrected chi connectivity index (χ3v) is 5.05. The van der Waals surface area contributed by atoms with E-state index in [-0.39, 0.29) is 6.10 Å². The predicted molar refractivity (Wildman–Crippen MR) is 70.5 cm³/mol. The molecule has 1 heterocycles. The Labute approximate surface area is 111 Å². The minimum atomic E-state index is -1.36. The number of nitrogens with zero attached hydrogens (tertiary/aromatic N) is 1. The van der Waals surface area contributed by atoms with Crippen molar-refractivity contribution in [3.05, 3.63) is 0 Å². The average molecular weight is 277 g/mol. The number of hydrogen-bond donors (Lipinski definition) is 0. The third kappa shape index (κ3) is 3.52. The Morgan fingerprint density at radius 3 is 2.39 bits per heavy atom. The molecule has 1 rings (SSSR count). The molecule has 0 spiro atoms. The summed E-state index contributed by atoms with van der Waals surface area (Å²) in [7, 11) is 0.332. The van der Waals surface area contributed by atoms with E-state index < -0.39 is 21.7 Å². The summed E-state index contributed by atoms with van der Waals surface area (Å²) in [6, 6.07) is 0. The highest BCUT2D eigenvalue weighted by Gasteiger charge is 2.40. The van der Waals surface area contributed by atoms with Crippen LogP contribution in [-0.4, -0.2) is 52.1 Å². The van der Waals surface area contributed by atoms with Crippen molar-refractivity contribution < 1.29 is 18.5 Å². The molecule has 0 amide bonds. The highest BCUT2D eigenvalue weighted by Crippen LogP contribution is 2.23. The predicted octanol–water partition coefficient (Wildman–Crippen LogP) is 1.10. The maximum atomic E-state index is 12.4. The summed E-state index contributed by atoms with van der Waals surface area (Å²) in [4.78, 5) is 11.8. The number of esters is 1. The Kier molecular flexibility index (Phi) is 5.75. The Hall–Kier alpha value is -0.460. The Morgan fingerprint density at radius 1 is 1.39 bits per heavy atom. The fourth-order valence-electron chi connectivity index (χ4n) is 1.93. The number of carbonyl (C=O) groups is 1. The summed E-state index contributed by atoms with van der Waals surface area (Å²) >= 11 is 0. The molecule has 0 bridgehead atoms. The number of methoxy groups -OCH3 is 1. The molecule has 1 unspecified atom stereocenters. The first-order valence-corrected chi connectivity index (χ1v) is 7.41. The lowest BCUT2D eigenvalue weighted by atomic mass is 10.1. The first-order chi connectivity index (χ1) is 8.43. The van der Waals surface area contributed by atoms with Crippen molar-refractivity contribution in [3.8, 4) is 0 Å². The van der Waals surface area contributed by atoms with Gasteiger partial charge in [0.25, 0.3) is 0 Å². The molecule has 1 aliphatic heterocycles. The second-order valence-corrected chi connectivity index (χ2v) is 6.88.